The number of hydrogen-bond acceptors (Lipinski definition) is 6. The van der Waals surface area contributed by atoms with Crippen molar-refractivity contribution in [3.63, 3.8) is 0 Å². The monoisotopic (exact) mass is 469 g/mol. The molecule has 34 heavy (non-hydrogen) atoms. The molecule has 3 aromatic heterocycles. The maximum atomic E-state index is 12.8. The summed E-state index contributed by atoms with van der Waals surface area (Å²) >= 11 is 0. The van der Waals surface area contributed by atoms with Gasteiger partial charge in [-0.25, -0.2) is 18.4 Å². The minimum Gasteiger partial charge on any atom is -0.278 e. The first-order valence-corrected chi connectivity index (χ1v) is 12.2. The highest BCUT2D eigenvalue weighted by Crippen LogP contribution is 2.24. The van der Waals surface area contributed by atoms with E-state index in [1.165, 1.54) is 0 Å². The van der Waals surface area contributed by atoms with Gasteiger partial charge in [-0.3, -0.25) is 14.7 Å². The Bertz CT molecular complexity index is 1510. The number of sulfonamides is 1. The zero-order chi connectivity index (χ0) is 24.1. The highest BCUT2D eigenvalue weighted by Gasteiger charge is 2.15. The number of anilines is 1. The molecule has 0 saturated carbocycles. The largest absolute Gasteiger partial charge is 0.278 e. The van der Waals surface area contributed by atoms with E-state index in [0.717, 1.165) is 28.2 Å². The predicted molar refractivity (Wildman–Crippen MR) is 132 cm³/mol. The van der Waals surface area contributed by atoms with Crippen LogP contribution in [0.4, 0.5) is 5.69 Å². The Morgan fingerprint density at radius 3 is 2.47 bits per heavy atom. The number of nitrogens with one attached hydrogen (secondary N) is 1. The molecule has 3 heterocycles. The fourth-order valence-corrected chi connectivity index (χ4v) is 4.51. The summed E-state index contributed by atoms with van der Waals surface area (Å²) < 4.78 is 28.1. The van der Waals surface area contributed by atoms with Crippen LogP contribution < -0.4 is 4.72 Å². The molecule has 8 heteroatoms. The molecule has 0 fully saturated rings. The van der Waals surface area contributed by atoms with Gasteiger partial charge in [-0.1, -0.05) is 37.0 Å². The van der Waals surface area contributed by atoms with Gasteiger partial charge in [-0.15, -0.1) is 0 Å². The summed E-state index contributed by atoms with van der Waals surface area (Å²) in [7, 11) is -3.74. The van der Waals surface area contributed by atoms with E-state index in [1.54, 1.807) is 62.0 Å². The van der Waals surface area contributed by atoms with Crippen molar-refractivity contribution in [2.75, 3.05) is 4.72 Å². The van der Waals surface area contributed by atoms with E-state index >= 15 is 0 Å². The van der Waals surface area contributed by atoms with Crippen LogP contribution in [0.2, 0.25) is 0 Å². The summed E-state index contributed by atoms with van der Waals surface area (Å²) in [6.07, 6.45) is 5.59. The lowest BCUT2D eigenvalue weighted by Gasteiger charge is -2.10. The Balaban J connectivity index is 1.72. The number of pyridine rings is 2. The molecule has 7 nitrogen and oxygen atoms in total. The van der Waals surface area contributed by atoms with Crippen molar-refractivity contribution >= 4 is 15.7 Å². The van der Waals surface area contributed by atoms with Gasteiger partial charge in [0.2, 0.25) is 0 Å². The molecule has 1 aromatic carbocycles. The van der Waals surface area contributed by atoms with E-state index in [0.29, 0.717) is 23.4 Å². The van der Waals surface area contributed by atoms with Gasteiger partial charge in [0.1, 0.15) is 6.33 Å². The molecule has 0 aliphatic heterocycles. The molecular formula is C26H23N5O2S. The Kier molecular flexibility index (Phi) is 6.66. The normalized spacial score (nSPS) is 10.9. The lowest BCUT2D eigenvalue weighted by Crippen LogP contribution is -2.14. The molecule has 0 saturated heterocycles. The van der Waals surface area contributed by atoms with Crippen molar-refractivity contribution < 1.29 is 8.42 Å². The van der Waals surface area contributed by atoms with E-state index in [1.807, 2.05) is 26.0 Å². The third kappa shape index (κ3) is 5.11. The first kappa shape index (κ1) is 23.1. The first-order valence-electron chi connectivity index (χ1n) is 10.7. The van der Waals surface area contributed by atoms with E-state index in [4.69, 9.17) is 0 Å². The van der Waals surface area contributed by atoms with Gasteiger partial charge in [0.05, 0.1) is 33.2 Å². The number of aromatic nitrogens is 4. The van der Waals surface area contributed by atoms with Crippen LogP contribution in [-0.4, -0.2) is 28.4 Å². The SMILES string of the molecule is CCc1ncnc(-c2ccnc(C)c2)c1C#Cc1cnc(C)c(NS(=O)(=O)c2ccccc2)c1. The van der Waals surface area contributed by atoms with Crippen LogP contribution >= 0.6 is 0 Å². The van der Waals surface area contributed by atoms with Gasteiger partial charge in [0, 0.05) is 29.2 Å². The second-order valence-corrected chi connectivity index (χ2v) is 9.29. The molecule has 0 bridgehead atoms. The Hall–Kier alpha value is -4.09. The first-order chi connectivity index (χ1) is 16.4. The molecule has 0 radical (unpaired) electrons. The van der Waals surface area contributed by atoms with E-state index in [2.05, 4.69) is 36.5 Å². The highest BCUT2D eigenvalue weighted by molar-refractivity contribution is 7.92. The van der Waals surface area contributed by atoms with Crippen LogP contribution in [0.1, 0.15) is 35.1 Å². The van der Waals surface area contributed by atoms with Crippen molar-refractivity contribution in [3.05, 3.63) is 95.5 Å². The van der Waals surface area contributed by atoms with Crippen LogP contribution in [0.3, 0.4) is 0 Å². The molecular weight excluding hydrogens is 446 g/mol. The molecule has 0 atom stereocenters. The van der Waals surface area contributed by atoms with Crippen LogP contribution in [0.15, 0.2) is 72.1 Å². The molecule has 4 aromatic rings. The number of nitrogens with zero attached hydrogens (tertiary/aromatic N) is 4. The molecule has 0 spiro atoms. The number of benzene rings is 1. The summed E-state index contributed by atoms with van der Waals surface area (Å²) in [5, 5.41) is 0. The maximum absolute atomic E-state index is 12.8. The second-order valence-electron chi connectivity index (χ2n) is 7.61. The quantitative estimate of drug-likeness (QED) is 0.437. The molecule has 0 amide bonds. The van der Waals surface area contributed by atoms with E-state index in [9.17, 15) is 8.42 Å². The molecule has 4 rings (SSSR count). The number of rotatable bonds is 5. The molecule has 170 valence electrons. The Morgan fingerprint density at radius 1 is 0.941 bits per heavy atom. The van der Waals surface area contributed by atoms with Crippen molar-refractivity contribution in [3.8, 4) is 23.1 Å². The zero-order valence-corrected chi connectivity index (χ0v) is 19.9. The number of aryl methyl sites for hydroxylation is 3. The van der Waals surface area contributed by atoms with Crippen LogP contribution in [0.25, 0.3) is 11.3 Å². The number of hydrogen-bond donors (Lipinski definition) is 1. The van der Waals surface area contributed by atoms with Crippen LogP contribution in [0.5, 0.6) is 0 Å². The lowest BCUT2D eigenvalue weighted by molar-refractivity contribution is 0.601. The third-order valence-corrected chi connectivity index (χ3v) is 6.53. The molecule has 0 aliphatic carbocycles. The minimum atomic E-state index is -3.74. The summed E-state index contributed by atoms with van der Waals surface area (Å²) in [6.45, 7) is 5.68. The predicted octanol–water partition coefficient (Wildman–Crippen LogP) is 4.31. The average Bonchev–Trinajstić information content (AvgIpc) is 2.84. The van der Waals surface area contributed by atoms with Gasteiger partial charge in [0.25, 0.3) is 10.0 Å². The Labute approximate surface area is 199 Å². The van der Waals surface area contributed by atoms with Gasteiger partial charge in [0.15, 0.2) is 0 Å². The van der Waals surface area contributed by atoms with Crippen molar-refractivity contribution in [2.24, 2.45) is 0 Å². The summed E-state index contributed by atoms with van der Waals surface area (Å²) in [6, 6.07) is 13.7. The second kappa shape index (κ2) is 9.81. The molecule has 0 unspecified atom stereocenters. The average molecular weight is 470 g/mol. The minimum absolute atomic E-state index is 0.178. The summed E-state index contributed by atoms with van der Waals surface area (Å²) in [5.41, 5.74) is 5.57. The summed E-state index contributed by atoms with van der Waals surface area (Å²) in [5.74, 6) is 6.31. The standard InChI is InChI=1S/C26H23N5O2S/c1-4-24-23(26(30-17-29-24)21-12-13-27-18(2)14-21)11-10-20-15-25(19(3)28-16-20)31-34(32,33)22-8-6-5-7-9-22/h5-9,12-17,31H,4H2,1-3H3. The van der Waals surface area contributed by atoms with Crippen molar-refractivity contribution in [1.82, 2.24) is 19.9 Å². The van der Waals surface area contributed by atoms with Gasteiger partial charge < -0.3 is 0 Å². The zero-order valence-electron chi connectivity index (χ0n) is 19.1. The van der Waals surface area contributed by atoms with Crippen molar-refractivity contribution in [2.45, 2.75) is 32.1 Å². The van der Waals surface area contributed by atoms with Crippen LogP contribution in [0, 0.1) is 25.7 Å². The molecule has 1 N–H and O–H groups in total. The van der Waals surface area contributed by atoms with Gasteiger partial charge in [-0.2, -0.15) is 0 Å². The topological polar surface area (TPSA) is 97.7 Å². The molecule has 0 aliphatic rings. The fraction of sp³-hybridized carbons (Fsp3) is 0.154. The highest BCUT2D eigenvalue weighted by atomic mass is 32.2. The smallest absolute Gasteiger partial charge is 0.261 e. The van der Waals surface area contributed by atoms with E-state index in [-0.39, 0.29) is 4.90 Å². The lowest BCUT2D eigenvalue weighted by atomic mass is 10.0. The van der Waals surface area contributed by atoms with Gasteiger partial charge in [-0.05, 0) is 50.6 Å². The van der Waals surface area contributed by atoms with Crippen LogP contribution in [-0.2, 0) is 16.4 Å². The summed E-state index contributed by atoms with van der Waals surface area (Å²) in [4.78, 5) is 17.6. The fourth-order valence-electron chi connectivity index (χ4n) is 3.38. The third-order valence-electron chi connectivity index (χ3n) is 5.15. The van der Waals surface area contributed by atoms with Gasteiger partial charge >= 0.3 is 0 Å². The van der Waals surface area contributed by atoms with E-state index < -0.39 is 10.0 Å². The van der Waals surface area contributed by atoms with Crippen molar-refractivity contribution in [1.29, 1.82) is 0 Å². The maximum Gasteiger partial charge on any atom is 0.261 e. The Morgan fingerprint density at radius 2 is 1.74 bits per heavy atom.